The Morgan fingerprint density at radius 2 is 1.69 bits per heavy atom. The second-order valence-corrected chi connectivity index (χ2v) is 7.65. The molecule has 4 heteroatoms. The van der Waals surface area contributed by atoms with Crippen molar-refractivity contribution in [2.45, 2.75) is 18.9 Å². The molecule has 0 bridgehead atoms. The minimum absolute atomic E-state index is 0.308. The van der Waals surface area contributed by atoms with Crippen LogP contribution in [-0.4, -0.2) is 47.8 Å². The first-order chi connectivity index (χ1) is 14.2. The van der Waals surface area contributed by atoms with Gasteiger partial charge in [0.15, 0.2) is 0 Å². The van der Waals surface area contributed by atoms with E-state index < -0.39 is 6.10 Å². The van der Waals surface area contributed by atoms with E-state index in [0.717, 1.165) is 25.1 Å². The summed E-state index contributed by atoms with van der Waals surface area (Å²) in [7, 11) is 2.05. The number of ether oxygens (including phenoxy) is 1. The van der Waals surface area contributed by atoms with E-state index >= 15 is 0 Å². The van der Waals surface area contributed by atoms with Gasteiger partial charge in [-0.2, -0.15) is 0 Å². The number of nitrogens with one attached hydrogen (secondary N) is 1. The first-order valence-electron chi connectivity index (χ1n) is 10.2. The number of nitrogens with zero attached hydrogens (tertiary/aromatic N) is 1. The van der Waals surface area contributed by atoms with Crippen LogP contribution >= 0.6 is 0 Å². The summed E-state index contributed by atoms with van der Waals surface area (Å²) < 4.78 is 5.64. The maximum Gasteiger partial charge on any atom is 0.119 e. The number of rotatable bonds is 9. The van der Waals surface area contributed by atoms with Gasteiger partial charge < -0.3 is 19.7 Å². The van der Waals surface area contributed by atoms with Gasteiger partial charge in [0, 0.05) is 28.4 Å². The summed E-state index contributed by atoms with van der Waals surface area (Å²) in [5.74, 6) is 0.792. The van der Waals surface area contributed by atoms with Gasteiger partial charge in [0.05, 0.1) is 0 Å². The molecule has 0 aliphatic rings. The smallest absolute Gasteiger partial charge is 0.119 e. The maximum absolute atomic E-state index is 10.2. The summed E-state index contributed by atoms with van der Waals surface area (Å²) in [4.78, 5) is 5.75. The third kappa shape index (κ3) is 4.78. The number of aliphatic hydroxyl groups is 1. The van der Waals surface area contributed by atoms with Crippen LogP contribution in [0.4, 0.5) is 0 Å². The lowest BCUT2D eigenvalue weighted by Crippen LogP contribution is -2.33. The second-order valence-electron chi connectivity index (χ2n) is 7.65. The highest BCUT2D eigenvalue weighted by molar-refractivity contribution is 6.08. The fourth-order valence-electron chi connectivity index (χ4n) is 3.89. The van der Waals surface area contributed by atoms with Crippen LogP contribution in [0.25, 0.3) is 21.8 Å². The zero-order valence-electron chi connectivity index (χ0n) is 16.8. The van der Waals surface area contributed by atoms with Crippen molar-refractivity contribution in [1.82, 2.24) is 9.88 Å². The molecule has 3 aromatic carbocycles. The first-order valence-corrected chi connectivity index (χ1v) is 10.2. The number of aryl methyl sites for hydroxylation is 1. The second kappa shape index (κ2) is 9.12. The molecule has 150 valence electrons. The van der Waals surface area contributed by atoms with E-state index in [0.29, 0.717) is 13.2 Å². The van der Waals surface area contributed by atoms with Crippen molar-refractivity contribution in [1.29, 1.82) is 0 Å². The zero-order valence-corrected chi connectivity index (χ0v) is 16.8. The van der Waals surface area contributed by atoms with Gasteiger partial charge in [-0.3, -0.25) is 0 Å². The van der Waals surface area contributed by atoms with Crippen molar-refractivity contribution in [2.24, 2.45) is 0 Å². The zero-order chi connectivity index (χ0) is 20.1. The molecular formula is C25H28N2O2. The van der Waals surface area contributed by atoms with Crippen LogP contribution in [0.3, 0.4) is 0 Å². The predicted octanol–water partition coefficient (Wildman–Crippen LogP) is 4.63. The molecule has 4 rings (SSSR count). The maximum atomic E-state index is 10.2. The third-order valence-corrected chi connectivity index (χ3v) is 5.32. The van der Waals surface area contributed by atoms with Crippen molar-refractivity contribution < 1.29 is 9.84 Å². The van der Waals surface area contributed by atoms with Gasteiger partial charge in [-0.05, 0) is 50.2 Å². The van der Waals surface area contributed by atoms with E-state index in [1.54, 1.807) is 0 Å². The minimum atomic E-state index is -0.502. The Hall–Kier alpha value is -2.82. The normalized spacial score (nSPS) is 12.7. The fraction of sp³-hybridized carbons (Fsp3) is 0.280. The quantitative estimate of drug-likeness (QED) is 0.440. The molecule has 1 heterocycles. The van der Waals surface area contributed by atoms with E-state index in [4.69, 9.17) is 4.74 Å². The molecule has 0 aliphatic carbocycles. The third-order valence-electron chi connectivity index (χ3n) is 5.32. The number of hydrogen-bond donors (Lipinski definition) is 2. The monoisotopic (exact) mass is 388 g/mol. The average Bonchev–Trinajstić information content (AvgIpc) is 3.13. The highest BCUT2D eigenvalue weighted by Gasteiger charge is 2.11. The van der Waals surface area contributed by atoms with Crippen LogP contribution in [0.15, 0.2) is 72.8 Å². The van der Waals surface area contributed by atoms with Gasteiger partial charge in [-0.25, -0.2) is 0 Å². The van der Waals surface area contributed by atoms with E-state index in [-0.39, 0.29) is 0 Å². The fourth-order valence-corrected chi connectivity index (χ4v) is 3.89. The Bertz CT molecular complexity index is 1060. The number of H-pyrrole nitrogens is 1. The number of benzene rings is 3. The van der Waals surface area contributed by atoms with E-state index in [1.165, 1.54) is 27.4 Å². The Labute approximate surface area is 171 Å². The molecule has 0 aliphatic heterocycles. The number of likely N-dealkylation sites (N-methyl/N-ethyl adjacent to an activating group) is 1. The Morgan fingerprint density at radius 1 is 0.931 bits per heavy atom. The van der Waals surface area contributed by atoms with Crippen molar-refractivity contribution in [3.05, 3.63) is 78.4 Å². The summed E-state index contributed by atoms with van der Waals surface area (Å²) in [6.45, 7) is 1.84. The van der Waals surface area contributed by atoms with Crippen molar-refractivity contribution >= 4 is 21.8 Å². The van der Waals surface area contributed by atoms with E-state index in [2.05, 4.69) is 59.4 Å². The van der Waals surface area contributed by atoms with Gasteiger partial charge in [-0.1, -0.05) is 54.6 Å². The number of fused-ring (bicyclic) bond motifs is 3. The predicted molar refractivity (Wildman–Crippen MR) is 120 cm³/mol. The Morgan fingerprint density at radius 3 is 2.55 bits per heavy atom. The van der Waals surface area contributed by atoms with Crippen LogP contribution in [0, 0.1) is 0 Å². The number of para-hydroxylation sites is 3. The molecule has 0 radical (unpaired) electrons. The molecule has 2 N–H and O–H groups in total. The number of aliphatic hydroxyl groups excluding tert-OH is 1. The highest BCUT2D eigenvalue weighted by Crippen LogP contribution is 2.28. The number of aromatic amines is 1. The van der Waals surface area contributed by atoms with Gasteiger partial charge >= 0.3 is 0 Å². The highest BCUT2D eigenvalue weighted by atomic mass is 16.5. The lowest BCUT2D eigenvalue weighted by Gasteiger charge is -2.20. The standard InChI is InChI=1S/C25H28N2O2/c1-27(17-20(28)18-29-21-11-3-2-4-12-21)16-8-10-19-9-7-14-23-22-13-5-6-15-24(22)26-25(19)23/h2-7,9,11-15,20,26,28H,8,10,16-18H2,1H3. The van der Waals surface area contributed by atoms with Gasteiger partial charge in [0.25, 0.3) is 0 Å². The number of aromatic nitrogens is 1. The SMILES string of the molecule is CN(CCCc1cccc2c1[nH]c1ccccc12)CC(O)COc1ccccc1. The van der Waals surface area contributed by atoms with Crippen LogP contribution in [-0.2, 0) is 6.42 Å². The molecule has 0 saturated heterocycles. The Balaban J connectivity index is 1.28. The molecule has 1 aromatic heterocycles. The van der Waals surface area contributed by atoms with Crippen LogP contribution in [0.5, 0.6) is 5.75 Å². The first kappa shape index (κ1) is 19.5. The molecule has 0 amide bonds. The molecule has 0 spiro atoms. The van der Waals surface area contributed by atoms with Crippen LogP contribution in [0.2, 0.25) is 0 Å². The van der Waals surface area contributed by atoms with Crippen molar-refractivity contribution in [3.8, 4) is 5.75 Å². The van der Waals surface area contributed by atoms with Crippen LogP contribution in [0.1, 0.15) is 12.0 Å². The average molecular weight is 389 g/mol. The van der Waals surface area contributed by atoms with Crippen LogP contribution < -0.4 is 4.74 Å². The largest absolute Gasteiger partial charge is 0.491 e. The summed E-state index contributed by atoms with van der Waals surface area (Å²) in [6, 6.07) is 24.6. The lowest BCUT2D eigenvalue weighted by atomic mass is 10.0. The van der Waals surface area contributed by atoms with Gasteiger partial charge in [-0.15, -0.1) is 0 Å². The number of hydrogen-bond acceptors (Lipinski definition) is 3. The molecule has 4 aromatic rings. The van der Waals surface area contributed by atoms with E-state index in [1.807, 2.05) is 30.3 Å². The van der Waals surface area contributed by atoms with Gasteiger partial charge in [0.1, 0.15) is 18.5 Å². The summed E-state index contributed by atoms with van der Waals surface area (Å²) >= 11 is 0. The van der Waals surface area contributed by atoms with Gasteiger partial charge in [0.2, 0.25) is 0 Å². The molecule has 1 atom stereocenters. The molecule has 0 fully saturated rings. The minimum Gasteiger partial charge on any atom is -0.491 e. The molecular weight excluding hydrogens is 360 g/mol. The molecule has 1 unspecified atom stereocenters. The molecule has 4 nitrogen and oxygen atoms in total. The lowest BCUT2D eigenvalue weighted by molar-refractivity contribution is 0.0761. The summed E-state index contributed by atoms with van der Waals surface area (Å²) in [5.41, 5.74) is 3.78. The Kier molecular flexibility index (Phi) is 6.13. The van der Waals surface area contributed by atoms with Crippen molar-refractivity contribution in [2.75, 3.05) is 26.7 Å². The summed E-state index contributed by atoms with van der Waals surface area (Å²) in [6.07, 6.45) is 1.54. The topological polar surface area (TPSA) is 48.5 Å². The molecule has 29 heavy (non-hydrogen) atoms. The van der Waals surface area contributed by atoms with Crippen molar-refractivity contribution in [3.63, 3.8) is 0 Å². The molecule has 0 saturated carbocycles. The van der Waals surface area contributed by atoms with E-state index in [9.17, 15) is 5.11 Å². The summed E-state index contributed by atoms with van der Waals surface area (Å²) in [5, 5.41) is 12.8.